The van der Waals surface area contributed by atoms with E-state index in [2.05, 4.69) is 11.4 Å². The summed E-state index contributed by atoms with van der Waals surface area (Å²) in [6.07, 6.45) is 0. The van der Waals surface area contributed by atoms with Gasteiger partial charge in [0.2, 0.25) is 0 Å². The minimum atomic E-state index is 0.589. The maximum Gasteiger partial charge on any atom is 0.101 e. The number of nitrogens with zero attached hydrogens (tertiary/aromatic N) is 1. The van der Waals surface area contributed by atoms with Gasteiger partial charge in [-0.25, -0.2) is 0 Å². The molecule has 0 saturated heterocycles. The molecule has 0 amide bonds. The van der Waals surface area contributed by atoms with Crippen LogP contribution in [0.1, 0.15) is 5.56 Å². The quantitative estimate of drug-likeness (QED) is 0.852. The Morgan fingerprint density at radius 2 is 2.20 bits per heavy atom. The lowest BCUT2D eigenvalue weighted by atomic mass is 10.2. The number of benzene rings is 1. The summed E-state index contributed by atoms with van der Waals surface area (Å²) in [4.78, 5) is 0. The fourth-order valence-corrected chi connectivity index (χ4v) is 1.97. The molecule has 0 bridgehead atoms. The third-order valence-corrected chi connectivity index (χ3v) is 2.82. The minimum absolute atomic E-state index is 0.589. The summed E-state index contributed by atoms with van der Waals surface area (Å²) >= 11 is 7.47. The standard InChI is InChI=1S/C11H7ClN2S/c12-9-2-1-8(6-13)11(5-9)14-10-3-4-15-7-10/h1-5,7,14H. The molecule has 0 spiro atoms. The van der Waals surface area contributed by atoms with Crippen molar-refractivity contribution in [2.75, 3.05) is 5.32 Å². The molecule has 2 aromatic rings. The summed E-state index contributed by atoms with van der Waals surface area (Å²) in [5.74, 6) is 0. The van der Waals surface area contributed by atoms with Crippen molar-refractivity contribution < 1.29 is 0 Å². The van der Waals surface area contributed by atoms with Crippen LogP contribution in [-0.2, 0) is 0 Å². The van der Waals surface area contributed by atoms with E-state index in [9.17, 15) is 0 Å². The van der Waals surface area contributed by atoms with Crippen LogP contribution in [0.15, 0.2) is 35.0 Å². The molecule has 1 aromatic carbocycles. The van der Waals surface area contributed by atoms with Crippen LogP contribution in [0, 0.1) is 11.3 Å². The molecule has 0 aliphatic heterocycles. The van der Waals surface area contributed by atoms with Gasteiger partial charge in [-0.2, -0.15) is 16.6 Å². The average molecular weight is 235 g/mol. The maximum atomic E-state index is 8.91. The Morgan fingerprint density at radius 1 is 1.33 bits per heavy atom. The van der Waals surface area contributed by atoms with Crippen molar-refractivity contribution in [3.63, 3.8) is 0 Å². The molecular formula is C11H7ClN2S. The highest BCUT2D eigenvalue weighted by molar-refractivity contribution is 7.08. The van der Waals surface area contributed by atoms with Gasteiger partial charge in [-0.05, 0) is 29.6 Å². The molecule has 4 heteroatoms. The van der Waals surface area contributed by atoms with Gasteiger partial charge in [0.1, 0.15) is 6.07 Å². The van der Waals surface area contributed by atoms with E-state index < -0.39 is 0 Å². The van der Waals surface area contributed by atoms with Crippen molar-refractivity contribution >= 4 is 34.3 Å². The lowest BCUT2D eigenvalue weighted by Gasteiger charge is -2.06. The van der Waals surface area contributed by atoms with Gasteiger partial charge in [-0.1, -0.05) is 11.6 Å². The predicted molar refractivity (Wildman–Crippen MR) is 63.8 cm³/mol. The van der Waals surface area contributed by atoms with Crippen LogP contribution >= 0.6 is 22.9 Å². The van der Waals surface area contributed by atoms with Crippen LogP contribution in [0.4, 0.5) is 11.4 Å². The second-order valence-corrected chi connectivity index (χ2v) is 4.16. The van der Waals surface area contributed by atoms with Gasteiger partial charge in [-0.3, -0.25) is 0 Å². The molecule has 0 unspecified atom stereocenters. The first-order chi connectivity index (χ1) is 7.29. The summed E-state index contributed by atoms with van der Waals surface area (Å²) < 4.78 is 0. The smallest absolute Gasteiger partial charge is 0.101 e. The summed E-state index contributed by atoms with van der Waals surface area (Å²) in [5, 5.41) is 16.6. The molecule has 1 N–H and O–H groups in total. The zero-order chi connectivity index (χ0) is 10.7. The first-order valence-electron chi connectivity index (χ1n) is 4.28. The van der Waals surface area contributed by atoms with Crippen molar-refractivity contribution in [3.8, 4) is 6.07 Å². The Hall–Kier alpha value is -1.50. The van der Waals surface area contributed by atoms with E-state index in [0.29, 0.717) is 10.6 Å². The molecule has 0 fully saturated rings. The van der Waals surface area contributed by atoms with E-state index >= 15 is 0 Å². The zero-order valence-corrected chi connectivity index (χ0v) is 9.27. The van der Waals surface area contributed by atoms with Crippen molar-refractivity contribution in [1.82, 2.24) is 0 Å². The third kappa shape index (κ3) is 2.30. The molecule has 0 atom stereocenters. The number of nitriles is 1. The number of hydrogen-bond donors (Lipinski definition) is 1. The van der Waals surface area contributed by atoms with Gasteiger partial charge < -0.3 is 5.32 Å². The monoisotopic (exact) mass is 234 g/mol. The number of rotatable bonds is 2. The predicted octanol–water partition coefficient (Wildman–Crippen LogP) is 4.02. The molecule has 1 aromatic heterocycles. The number of hydrogen-bond acceptors (Lipinski definition) is 3. The van der Waals surface area contributed by atoms with Crippen LogP contribution < -0.4 is 5.32 Å². The SMILES string of the molecule is N#Cc1ccc(Cl)cc1Nc1ccsc1. The molecular weight excluding hydrogens is 228 g/mol. The van der Waals surface area contributed by atoms with E-state index in [1.807, 2.05) is 16.8 Å². The van der Waals surface area contributed by atoms with Crippen LogP contribution in [0.25, 0.3) is 0 Å². The summed E-state index contributed by atoms with van der Waals surface area (Å²) in [7, 11) is 0. The molecule has 0 radical (unpaired) electrons. The second-order valence-electron chi connectivity index (χ2n) is 2.94. The average Bonchev–Trinajstić information content (AvgIpc) is 2.71. The summed E-state index contributed by atoms with van der Waals surface area (Å²) in [6.45, 7) is 0. The largest absolute Gasteiger partial charge is 0.354 e. The molecule has 0 aliphatic carbocycles. The zero-order valence-electron chi connectivity index (χ0n) is 7.70. The second kappa shape index (κ2) is 4.35. The highest BCUT2D eigenvalue weighted by Crippen LogP contribution is 2.25. The number of thiophene rings is 1. The molecule has 0 saturated carbocycles. The molecule has 74 valence electrons. The van der Waals surface area contributed by atoms with Crippen molar-refractivity contribution in [3.05, 3.63) is 45.6 Å². The van der Waals surface area contributed by atoms with Crippen molar-refractivity contribution in [2.24, 2.45) is 0 Å². The fourth-order valence-electron chi connectivity index (χ4n) is 1.21. The molecule has 2 nitrogen and oxygen atoms in total. The first kappa shape index (κ1) is 10.0. The van der Waals surface area contributed by atoms with Gasteiger partial charge in [-0.15, -0.1) is 0 Å². The topological polar surface area (TPSA) is 35.8 Å². The van der Waals surface area contributed by atoms with E-state index in [1.54, 1.807) is 29.5 Å². The number of halogens is 1. The van der Waals surface area contributed by atoms with Crippen LogP contribution in [-0.4, -0.2) is 0 Å². The van der Waals surface area contributed by atoms with E-state index in [0.717, 1.165) is 11.4 Å². The van der Waals surface area contributed by atoms with E-state index in [4.69, 9.17) is 16.9 Å². The van der Waals surface area contributed by atoms with Crippen LogP contribution in [0.2, 0.25) is 5.02 Å². The van der Waals surface area contributed by atoms with Gasteiger partial charge in [0.15, 0.2) is 0 Å². The lowest BCUT2D eigenvalue weighted by molar-refractivity contribution is 1.47. The molecule has 0 aliphatic rings. The highest BCUT2D eigenvalue weighted by atomic mass is 35.5. The van der Waals surface area contributed by atoms with Gasteiger partial charge in [0.05, 0.1) is 11.3 Å². The van der Waals surface area contributed by atoms with Crippen molar-refractivity contribution in [1.29, 1.82) is 5.26 Å². The highest BCUT2D eigenvalue weighted by Gasteiger charge is 2.03. The maximum absolute atomic E-state index is 8.91. The lowest BCUT2D eigenvalue weighted by Crippen LogP contribution is -1.91. The van der Waals surface area contributed by atoms with Crippen LogP contribution in [0.3, 0.4) is 0 Å². The number of nitrogens with one attached hydrogen (secondary N) is 1. The Labute approximate surface area is 96.7 Å². The first-order valence-corrected chi connectivity index (χ1v) is 5.60. The Kier molecular flexibility index (Phi) is 2.91. The molecule has 15 heavy (non-hydrogen) atoms. The molecule has 2 rings (SSSR count). The summed E-state index contributed by atoms with van der Waals surface area (Å²) in [5.41, 5.74) is 2.30. The van der Waals surface area contributed by atoms with Gasteiger partial charge in [0.25, 0.3) is 0 Å². The third-order valence-electron chi connectivity index (χ3n) is 1.90. The minimum Gasteiger partial charge on any atom is -0.354 e. The Bertz CT molecular complexity index is 500. The number of anilines is 2. The van der Waals surface area contributed by atoms with E-state index in [1.165, 1.54) is 0 Å². The Morgan fingerprint density at radius 3 is 2.87 bits per heavy atom. The fraction of sp³-hybridized carbons (Fsp3) is 0. The van der Waals surface area contributed by atoms with Crippen LogP contribution in [0.5, 0.6) is 0 Å². The van der Waals surface area contributed by atoms with Gasteiger partial charge in [0, 0.05) is 16.1 Å². The van der Waals surface area contributed by atoms with Crippen molar-refractivity contribution in [2.45, 2.75) is 0 Å². The summed E-state index contributed by atoms with van der Waals surface area (Å²) in [6, 6.07) is 9.23. The Balaban J connectivity index is 2.35. The van der Waals surface area contributed by atoms with E-state index in [-0.39, 0.29) is 0 Å². The normalized spacial score (nSPS) is 9.60. The van der Waals surface area contributed by atoms with Gasteiger partial charge >= 0.3 is 0 Å². The molecule has 1 heterocycles.